The van der Waals surface area contributed by atoms with E-state index in [2.05, 4.69) is 25.2 Å². The predicted octanol–water partition coefficient (Wildman–Crippen LogP) is 0.855. The minimum atomic E-state index is -0.710. The molecule has 1 aromatic rings. The quantitative estimate of drug-likeness (QED) is 0.772. The molecule has 1 heterocycles. The molecule has 0 aliphatic heterocycles. The Morgan fingerprint density at radius 1 is 1.26 bits per heavy atom. The first kappa shape index (κ1) is 15.1. The summed E-state index contributed by atoms with van der Waals surface area (Å²) >= 11 is 0. The highest BCUT2D eigenvalue weighted by Gasteiger charge is 2.26. The molecular formula is C12H20N4O3. The zero-order valence-electron chi connectivity index (χ0n) is 11.9. The number of rotatable bonds is 5. The fourth-order valence-electron chi connectivity index (χ4n) is 1.46. The number of nitrogens with one attached hydrogen (secondary N) is 2. The summed E-state index contributed by atoms with van der Waals surface area (Å²) in [6.07, 6.45) is 0. The van der Waals surface area contributed by atoms with Crippen molar-refractivity contribution in [3.63, 3.8) is 0 Å². The molecule has 0 saturated carbocycles. The third-order valence-corrected chi connectivity index (χ3v) is 2.66. The topological polar surface area (TPSA) is 97.0 Å². The van der Waals surface area contributed by atoms with E-state index in [-0.39, 0.29) is 17.7 Å². The summed E-state index contributed by atoms with van der Waals surface area (Å²) < 4.78 is 4.65. The Labute approximate surface area is 112 Å². The molecule has 0 aliphatic carbocycles. The van der Waals surface area contributed by atoms with E-state index < -0.39 is 17.9 Å². The maximum absolute atomic E-state index is 12.0. The van der Waals surface area contributed by atoms with Gasteiger partial charge in [-0.05, 0) is 5.92 Å². The fourth-order valence-corrected chi connectivity index (χ4v) is 1.46. The standard InChI is InChI=1S/C12H20N4O3/c1-6(2)8(12(18)19-5)13-11(17)10-14-9(7(3)4)15-16-10/h6-8H,1-5H3,(H,13,17)(H,14,15,16)/t8-/m0/s1. The van der Waals surface area contributed by atoms with Crippen LogP contribution in [0.5, 0.6) is 0 Å². The van der Waals surface area contributed by atoms with E-state index in [9.17, 15) is 9.59 Å². The van der Waals surface area contributed by atoms with Gasteiger partial charge in [-0.15, -0.1) is 5.10 Å². The van der Waals surface area contributed by atoms with Crippen molar-refractivity contribution in [1.29, 1.82) is 0 Å². The predicted molar refractivity (Wildman–Crippen MR) is 68.6 cm³/mol. The number of aromatic amines is 1. The van der Waals surface area contributed by atoms with E-state index in [0.29, 0.717) is 5.82 Å². The average molecular weight is 268 g/mol. The summed E-state index contributed by atoms with van der Waals surface area (Å²) in [5.41, 5.74) is 0. The van der Waals surface area contributed by atoms with Crippen LogP contribution in [-0.2, 0) is 9.53 Å². The third-order valence-electron chi connectivity index (χ3n) is 2.66. The van der Waals surface area contributed by atoms with Gasteiger partial charge in [-0.3, -0.25) is 9.89 Å². The normalized spacial score (nSPS) is 12.6. The van der Waals surface area contributed by atoms with Crippen molar-refractivity contribution < 1.29 is 14.3 Å². The van der Waals surface area contributed by atoms with Crippen molar-refractivity contribution in [1.82, 2.24) is 20.5 Å². The molecule has 0 fully saturated rings. The lowest BCUT2D eigenvalue weighted by atomic mass is 10.0. The first-order valence-corrected chi connectivity index (χ1v) is 6.17. The first-order valence-electron chi connectivity index (χ1n) is 6.17. The van der Waals surface area contributed by atoms with Crippen molar-refractivity contribution in [2.45, 2.75) is 39.7 Å². The summed E-state index contributed by atoms with van der Waals surface area (Å²) in [6.45, 7) is 7.51. The van der Waals surface area contributed by atoms with Gasteiger partial charge in [0.05, 0.1) is 7.11 Å². The van der Waals surface area contributed by atoms with Crippen LogP contribution in [0.1, 0.15) is 50.1 Å². The molecule has 19 heavy (non-hydrogen) atoms. The summed E-state index contributed by atoms with van der Waals surface area (Å²) in [4.78, 5) is 27.6. The molecule has 0 aromatic carbocycles. The molecule has 0 bridgehead atoms. The Bertz CT molecular complexity index is 454. The largest absolute Gasteiger partial charge is 0.467 e. The van der Waals surface area contributed by atoms with Gasteiger partial charge in [0.2, 0.25) is 5.82 Å². The van der Waals surface area contributed by atoms with Gasteiger partial charge in [0.15, 0.2) is 0 Å². The Morgan fingerprint density at radius 2 is 1.89 bits per heavy atom. The van der Waals surface area contributed by atoms with Crippen LogP contribution in [0.2, 0.25) is 0 Å². The maximum Gasteiger partial charge on any atom is 0.328 e. The molecule has 1 rings (SSSR count). The highest BCUT2D eigenvalue weighted by Crippen LogP contribution is 2.09. The highest BCUT2D eigenvalue weighted by atomic mass is 16.5. The molecule has 0 radical (unpaired) electrons. The zero-order valence-corrected chi connectivity index (χ0v) is 11.9. The second-order valence-electron chi connectivity index (χ2n) is 4.92. The number of aromatic nitrogens is 3. The number of carbonyl (C=O) groups excluding carboxylic acids is 2. The number of hydrogen-bond donors (Lipinski definition) is 2. The lowest BCUT2D eigenvalue weighted by molar-refractivity contribution is -0.144. The van der Waals surface area contributed by atoms with E-state index in [4.69, 9.17) is 0 Å². The van der Waals surface area contributed by atoms with Gasteiger partial charge in [-0.25, -0.2) is 9.78 Å². The van der Waals surface area contributed by atoms with Gasteiger partial charge in [-0.2, -0.15) is 0 Å². The van der Waals surface area contributed by atoms with Crippen LogP contribution in [0.25, 0.3) is 0 Å². The maximum atomic E-state index is 12.0. The van der Waals surface area contributed by atoms with Gasteiger partial charge < -0.3 is 10.1 Å². The van der Waals surface area contributed by atoms with Crippen LogP contribution in [0.3, 0.4) is 0 Å². The molecule has 0 aliphatic rings. The molecule has 2 N–H and O–H groups in total. The fraction of sp³-hybridized carbons (Fsp3) is 0.667. The molecule has 1 amide bonds. The first-order chi connectivity index (χ1) is 8.86. The van der Waals surface area contributed by atoms with Crippen molar-refractivity contribution in [3.8, 4) is 0 Å². The van der Waals surface area contributed by atoms with Crippen LogP contribution in [0.15, 0.2) is 0 Å². The van der Waals surface area contributed by atoms with Crippen LogP contribution in [-0.4, -0.2) is 40.2 Å². The second-order valence-corrected chi connectivity index (χ2v) is 4.92. The Balaban J connectivity index is 2.79. The zero-order chi connectivity index (χ0) is 14.6. The number of carbonyl (C=O) groups is 2. The van der Waals surface area contributed by atoms with E-state index in [1.807, 2.05) is 27.7 Å². The second kappa shape index (κ2) is 6.31. The number of H-pyrrole nitrogens is 1. The summed E-state index contributed by atoms with van der Waals surface area (Å²) in [6, 6.07) is -0.710. The lowest BCUT2D eigenvalue weighted by Gasteiger charge is -2.18. The number of esters is 1. The molecular weight excluding hydrogens is 248 g/mol. The molecule has 7 heteroatoms. The molecule has 0 unspecified atom stereocenters. The third kappa shape index (κ3) is 3.77. The highest BCUT2D eigenvalue weighted by molar-refractivity contribution is 5.93. The number of hydrogen-bond acceptors (Lipinski definition) is 5. The monoisotopic (exact) mass is 268 g/mol. The van der Waals surface area contributed by atoms with Crippen molar-refractivity contribution in [3.05, 3.63) is 11.6 Å². The molecule has 106 valence electrons. The summed E-state index contributed by atoms with van der Waals surface area (Å²) in [7, 11) is 1.29. The average Bonchev–Trinajstić information content (AvgIpc) is 2.84. The van der Waals surface area contributed by atoms with E-state index in [1.165, 1.54) is 7.11 Å². The molecule has 1 atom stereocenters. The van der Waals surface area contributed by atoms with Gasteiger partial charge >= 0.3 is 5.97 Å². The van der Waals surface area contributed by atoms with Crippen LogP contribution in [0.4, 0.5) is 0 Å². The molecule has 1 aromatic heterocycles. The molecule has 0 spiro atoms. The van der Waals surface area contributed by atoms with Gasteiger partial charge in [0.1, 0.15) is 11.9 Å². The van der Waals surface area contributed by atoms with Crippen molar-refractivity contribution in [2.24, 2.45) is 5.92 Å². The Kier molecular flexibility index (Phi) is 5.02. The van der Waals surface area contributed by atoms with E-state index in [1.54, 1.807) is 0 Å². The smallest absolute Gasteiger partial charge is 0.328 e. The Morgan fingerprint density at radius 3 is 2.32 bits per heavy atom. The number of nitrogens with zero attached hydrogens (tertiary/aromatic N) is 2. The van der Waals surface area contributed by atoms with Crippen molar-refractivity contribution in [2.75, 3.05) is 7.11 Å². The number of ether oxygens (including phenoxy) is 1. The summed E-state index contributed by atoms with van der Waals surface area (Å²) in [5, 5.41) is 9.11. The minimum Gasteiger partial charge on any atom is -0.467 e. The Hall–Kier alpha value is -1.92. The van der Waals surface area contributed by atoms with Crippen molar-refractivity contribution >= 4 is 11.9 Å². The number of amides is 1. The van der Waals surface area contributed by atoms with Crippen LogP contribution >= 0.6 is 0 Å². The van der Waals surface area contributed by atoms with E-state index >= 15 is 0 Å². The minimum absolute atomic E-state index is 0.0262. The van der Waals surface area contributed by atoms with Gasteiger partial charge in [0.25, 0.3) is 5.91 Å². The SMILES string of the molecule is COC(=O)[C@@H](NC(=O)c1n[nH]c(C(C)C)n1)C(C)C. The van der Waals surface area contributed by atoms with Gasteiger partial charge in [-0.1, -0.05) is 27.7 Å². The van der Waals surface area contributed by atoms with Crippen LogP contribution < -0.4 is 5.32 Å². The molecule has 0 saturated heterocycles. The van der Waals surface area contributed by atoms with E-state index in [0.717, 1.165) is 0 Å². The lowest BCUT2D eigenvalue weighted by Crippen LogP contribution is -2.45. The van der Waals surface area contributed by atoms with Crippen LogP contribution in [0, 0.1) is 5.92 Å². The summed E-state index contributed by atoms with van der Waals surface area (Å²) in [5.74, 6) is -0.256. The number of methoxy groups -OCH3 is 1. The van der Waals surface area contributed by atoms with Gasteiger partial charge in [0, 0.05) is 5.92 Å². The molecule has 7 nitrogen and oxygen atoms in total.